The Balaban J connectivity index is 4.41. The summed E-state index contributed by atoms with van der Waals surface area (Å²) in [7, 11) is -3.81. The average Bonchev–Trinajstić information content (AvgIpc) is 1.65. The van der Waals surface area contributed by atoms with Crippen LogP contribution in [0.3, 0.4) is 0 Å². The second-order valence-corrected chi connectivity index (χ2v) is 4.33. The van der Waals surface area contributed by atoms with Crippen molar-refractivity contribution in [2.75, 3.05) is 0 Å². The average molecular weight is 202 g/mol. The highest BCUT2D eigenvalue weighted by Crippen LogP contribution is 1.98. The van der Waals surface area contributed by atoms with E-state index in [2.05, 4.69) is 41.2 Å². The molecule has 0 aliphatic rings. The molecule has 9 heavy (non-hydrogen) atoms. The summed E-state index contributed by atoms with van der Waals surface area (Å²) in [5.41, 5.74) is 0.609. The lowest BCUT2D eigenvalue weighted by atomic mass is 11.7. The smallest absolute Gasteiger partial charge is 0.355 e. The van der Waals surface area contributed by atoms with Crippen LogP contribution >= 0.6 is 37.1 Å². The molecule has 0 aromatic rings. The predicted octanol–water partition coefficient (Wildman–Crippen LogP) is 0.505. The van der Waals surface area contributed by atoms with Gasteiger partial charge in [-0.05, 0) is 12.2 Å². The van der Waals surface area contributed by atoms with Crippen molar-refractivity contribution in [3.8, 4) is 0 Å². The van der Waals surface area contributed by atoms with Crippen LogP contribution in [0.15, 0.2) is 0 Å². The second kappa shape index (κ2) is 3.45. The maximum atomic E-state index is 10.4. The van der Waals surface area contributed by atoms with Gasteiger partial charge in [0.1, 0.15) is 0 Å². The minimum atomic E-state index is -3.81. The zero-order valence-electron chi connectivity index (χ0n) is 3.97. The summed E-state index contributed by atoms with van der Waals surface area (Å²) in [6.45, 7) is 0. The third-order valence-corrected chi connectivity index (χ3v) is 2.66. The summed E-state index contributed by atoms with van der Waals surface area (Å²) in [5.74, 6) is 0. The van der Waals surface area contributed by atoms with Gasteiger partial charge in [0.05, 0.1) is 0 Å². The molecule has 0 N–H and O–H groups in total. The molecule has 0 amide bonds. The van der Waals surface area contributed by atoms with Crippen LogP contribution in [0.4, 0.5) is 0 Å². The quantitative estimate of drug-likeness (QED) is 0.401. The molecule has 0 radical (unpaired) electrons. The van der Waals surface area contributed by atoms with E-state index < -0.39 is 13.6 Å². The molecule has 52 valence electrons. The maximum Gasteiger partial charge on any atom is 0.355 e. The Kier molecular flexibility index (Phi) is 3.56. The van der Waals surface area contributed by atoms with Gasteiger partial charge in [0.15, 0.2) is 9.08 Å². The molecule has 0 heterocycles. The Bertz CT molecular complexity index is 214. The lowest BCUT2D eigenvalue weighted by Gasteiger charge is -1.94. The van der Waals surface area contributed by atoms with E-state index in [1.54, 1.807) is 0 Å². The van der Waals surface area contributed by atoms with Crippen LogP contribution in [-0.4, -0.2) is 17.5 Å². The van der Waals surface area contributed by atoms with Crippen LogP contribution < -0.4 is 0 Å². The first kappa shape index (κ1) is 9.28. The van der Waals surface area contributed by atoms with Gasteiger partial charge in [0, 0.05) is 0 Å². The standard InChI is InChI=1S/C2H2O3S4/c3-9(4,2(7)8)5-1-6/h1H,(H,7,8). The maximum absolute atomic E-state index is 10.4. The largest absolute Gasteiger partial charge is 0.374 e. The van der Waals surface area contributed by atoms with E-state index >= 15 is 0 Å². The SMILES string of the molecule is O=S(=O)(OC=S)C(=S)S. The third-order valence-electron chi connectivity index (χ3n) is 0.380. The molecule has 0 rings (SSSR count). The molecule has 3 nitrogen and oxygen atoms in total. The molecule has 7 heteroatoms. The van der Waals surface area contributed by atoms with Crippen molar-refractivity contribution in [2.24, 2.45) is 0 Å². The van der Waals surface area contributed by atoms with Gasteiger partial charge in [-0.3, -0.25) is 0 Å². The molecule has 0 saturated carbocycles. The van der Waals surface area contributed by atoms with E-state index in [-0.39, 0.29) is 0 Å². The fourth-order valence-electron chi connectivity index (χ4n) is 0.0929. The molecule has 0 aromatic carbocycles. The molecule has 0 unspecified atom stereocenters. The van der Waals surface area contributed by atoms with Gasteiger partial charge >= 0.3 is 10.1 Å². The molecule has 0 aliphatic heterocycles. The molecule has 0 saturated heterocycles. The summed E-state index contributed by atoms with van der Waals surface area (Å²) in [4.78, 5) is 0. The van der Waals surface area contributed by atoms with Gasteiger partial charge in [0.2, 0.25) is 0 Å². The van der Waals surface area contributed by atoms with Crippen LogP contribution in [0.2, 0.25) is 0 Å². The number of hydrogen-bond donors (Lipinski definition) is 1. The van der Waals surface area contributed by atoms with Crippen LogP contribution in [-0.2, 0) is 14.3 Å². The lowest BCUT2D eigenvalue weighted by Crippen LogP contribution is -2.08. The summed E-state index contributed by atoms with van der Waals surface area (Å²) in [6, 6.07) is 0. The number of thiocarbonyl (C=S) groups is 2. The van der Waals surface area contributed by atoms with E-state index in [1.165, 1.54) is 0 Å². The fraction of sp³-hybridized carbons (Fsp3) is 0. The predicted molar refractivity (Wildman–Crippen MR) is 45.2 cm³/mol. The van der Waals surface area contributed by atoms with Crippen molar-refractivity contribution in [2.45, 2.75) is 0 Å². The van der Waals surface area contributed by atoms with Crippen LogP contribution in [0.25, 0.3) is 0 Å². The van der Waals surface area contributed by atoms with Crippen LogP contribution in [0.1, 0.15) is 0 Å². The van der Waals surface area contributed by atoms with Gasteiger partial charge in [0.25, 0.3) is 0 Å². The first-order chi connectivity index (χ1) is 4.00. The molecule has 0 aliphatic carbocycles. The summed E-state index contributed by atoms with van der Waals surface area (Å²) >= 11 is 11.6. The van der Waals surface area contributed by atoms with Gasteiger partial charge in [-0.2, -0.15) is 8.42 Å². The Morgan fingerprint density at radius 1 is 1.67 bits per heavy atom. The lowest BCUT2D eigenvalue weighted by molar-refractivity contribution is 0.513. The highest BCUT2D eigenvalue weighted by molar-refractivity contribution is 8.36. The van der Waals surface area contributed by atoms with E-state index in [1.807, 2.05) is 0 Å². The third kappa shape index (κ3) is 3.09. The monoisotopic (exact) mass is 202 g/mol. The zero-order valence-corrected chi connectivity index (χ0v) is 7.32. The topological polar surface area (TPSA) is 43.4 Å². The second-order valence-electron chi connectivity index (χ2n) is 0.912. The van der Waals surface area contributed by atoms with Gasteiger partial charge in [-0.25, -0.2) is 0 Å². The van der Waals surface area contributed by atoms with Crippen molar-refractivity contribution in [3.63, 3.8) is 0 Å². The Hall–Kier alpha value is 0.280. The molecule has 0 spiro atoms. The summed E-state index contributed by atoms with van der Waals surface area (Å²) in [6.07, 6.45) is 0. The van der Waals surface area contributed by atoms with Gasteiger partial charge < -0.3 is 4.18 Å². The van der Waals surface area contributed by atoms with Crippen LogP contribution in [0.5, 0.6) is 0 Å². The molecular weight excluding hydrogens is 200 g/mol. The highest BCUT2D eigenvalue weighted by atomic mass is 32.3. The molecule has 0 atom stereocenters. The van der Waals surface area contributed by atoms with Crippen molar-refractivity contribution in [3.05, 3.63) is 0 Å². The summed E-state index contributed by atoms with van der Waals surface area (Å²) in [5, 5.41) is 0. The fourth-order valence-corrected chi connectivity index (χ4v) is 0.836. The first-order valence-corrected chi connectivity index (χ1v) is 4.34. The van der Waals surface area contributed by atoms with Crippen molar-refractivity contribution in [1.29, 1.82) is 0 Å². The van der Waals surface area contributed by atoms with E-state index in [4.69, 9.17) is 0 Å². The van der Waals surface area contributed by atoms with E-state index in [0.717, 1.165) is 0 Å². The summed E-state index contributed by atoms with van der Waals surface area (Å²) < 4.78 is 24.2. The van der Waals surface area contributed by atoms with Crippen molar-refractivity contribution in [1.82, 2.24) is 0 Å². The Morgan fingerprint density at radius 2 is 2.11 bits per heavy atom. The first-order valence-electron chi connectivity index (χ1n) is 1.60. The molecule has 0 aromatic heterocycles. The van der Waals surface area contributed by atoms with E-state index in [0.29, 0.717) is 5.55 Å². The molecular formula is C2H2O3S4. The molecule has 0 fully saturated rings. The highest BCUT2D eigenvalue weighted by Gasteiger charge is 2.12. The Morgan fingerprint density at radius 3 is 2.22 bits per heavy atom. The zero-order chi connectivity index (χ0) is 7.49. The van der Waals surface area contributed by atoms with Gasteiger partial charge in [-0.15, -0.1) is 12.6 Å². The van der Waals surface area contributed by atoms with Crippen molar-refractivity contribution < 1.29 is 12.6 Å². The van der Waals surface area contributed by atoms with Crippen molar-refractivity contribution >= 4 is 56.3 Å². The number of hydrogen-bond acceptors (Lipinski definition) is 5. The number of rotatable bonds is 2. The minimum absolute atomic E-state index is 0.524. The Labute approximate surface area is 68.9 Å². The van der Waals surface area contributed by atoms with E-state index in [9.17, 15) is 8.42 Å². The number of thiol groups is 1. The molecule has 0 bridgehead atoms. The van der Waals surface area contributed by atoms with Crippen LogP contribution in [0, 0.1) is 0 Å². The minimum Gasteiger partial charge on any atom is -0.374 e. The normalized spacial score (nSPS) is 10.3. The van der Waals surface area contributed by atoms with Gasteiger partial charge in [-0.1, -0.05) is 12.2 Å².